The maximum absolute atomic E-state index is 13.2. The molecule has 0 aromatic heterocycles. The molecule has 1 nitrogen and oxygen atoms in total. The summed E-state index contributed by atoms with van der Waals surface area (Å²) in [6.45, 7) is 0. The number of hydrogen-bond acceptors (Lipinski definition) is 1. The minimum atomic E-state index is -4.82. The van der Waals surface area contributed by atoms with Gasteiger partial charge in [-0.15, -0.1) is 0 Å². The lowest BCUT2D eigenvalue weighted by Crippen LogP contribution is -2.15. The van der Waals surface area contributed by atoms with Gasteiger partial charge in [0.05, 0.1) is 11.6 Å². The molecule has 0 aliphatic heterocycles. The first-order chi connectivity index (χ1) is 9.70. The molecule has 21 heavy (non-hydrogen) atoms. The van der Waals surface area contributed by atoms with E-state index in [0.717, 1.165) is 12.1 Å². The summed E-state index contributed by atoms with van der Waals surface area (Å²) in [6, 6.07) is 5.17. The highest BCUT2D eigenvalue weighted by Crippen LogP contribution is 2.34. The molecule has 2 rings (SSSR count). The van der Waals surface area contributed by atoms with Gasteiger partial charge in [-0.05, 0) is 41.5 Å². The molecule has 112 valence electrons. The Labute approximate surface area is 125 Å². The molecule has 0 aliphatic rings. The van der Waals surface area contributed by atoms with E-state index < -0.39 is 29.4 Å². The smallest absolute Gasteiger partial charge is 0.320 e. The van der Waals surface area contributed by atoms with Crippen molar-refractivity contribution in [1.29, 1.82) is 0 Å². The number of alkyl halides is 3. The van der Waals surface area contributed by atoms with Gasteiger partial charge in [-0.25, -0.2) is 8.78 Å². The lowest BCUT2D eigenvalue weighted by molar-refractivity contribution is -0.140. The summed E-state index contributed by atoms with van der Waals surface area (Å²) in [5, 5.41) is 0. The summed E-state index contributed by atoms with van der Waals surface area (Å²) >= 11 is 3.16. The largest absolute Gasteiger partial charge is 0.419 e. The minimum Gasteiger partial charge on any atom is -0.320 e. The summed E-state index contributed by atoms with van der Waals surface area (Å²) < 4.78 is 65.0. The van der Waals surface area contributed by atoms with Gasteiger partial charge in [0.1, 0.15) is 11.6 Å². The normalized spacial score (nSPS) is 13.3. The molecule has 0 saturated carbocycles. The van der Waals surface area contributed by atoms with Crippen LogP contribution in [0.5, 0.6) is 0 Å². The second-order valence-electron chi connectivity index (χ2n) is 4.38. The zero-order chi connectivity index (χ0) is 15.8. The Morgan fingerprint density at radius 2 is 1.67 bits per heavy atom. The van der Waals surface area contributed by atoms with Gasteiger partial charge in [-0.2, -0.15) is 13.2 Å². The van der Waals surface area contributed by atoms with Crippen LogP contribution in [-0.4, -0.2) is 0 Å². The molecule has 2 aromatic carbocycles. The Hall–Kier alpha value is -1.47. The van der Waals surface area contributed by atoms with Gasteiger partial charge in [-0.3, -0.25) is 0 Å². The molecule has 0 heterocycles. The van der Waals surface area contributed by atoms with Crippen LogP contribution in [0.2, 0.25) is 0 Å². The summed E-state index contributed by atoms with van der Waals surface area (Å²) in [7, 11) is 0. The maximum atomic E-state index is 13.2. The predicted octanol–water partition coefficient (Wildman–Crippen LogP) is 4.79. The molecular formula is C14H9BrF5N. The standard InChI is InChI=1S/C14H9BrF5N/c15-11-3-2-8(16)6-9(11)13(21)7-1-4-12(17)10(5-7)14(18,19)20/h1-6,13H,21H2. The number of benzene rings is 2. The van der Waals surface area contributed by atoms with Crippen molar-refractivity contribution in [1.82, 2.24) is 0 Å². The van der Waals surface area contributed by atoms with Gasteiger partial charge in [0.15, 0.2) is 0 Å². The lowest BCUT2D eigenvalue weighted by Gasteiger charge is -2.17. The van der Waals surface area contributed by atoms with Crippen molar-refractivity contribution in [3.63, 3.8) is 0 Å². The fourth-order valence-corrected chi connectivity index (χ4v) is 2.38. The third-order valence-electron chi connectivity index (χ3n) is 2.95. The molecule has 0 amide bonds. The SMILES string of the molecule is NC(c1ccc(F)c(C(F)(F)F)c1)c1cc(F)ccc1Br. The van der Waals surface area contributed by atoms with Crippen molar-refractivity contribution in [3.05, 3.63) is 69.2 Å². The summed E-state index contributed by atoms with van der Waals surface area (Å²) in [5.74, 6) is -1.95. The highest BCUT2D eigenvalue weighted by Gasteiger charge is 2.34. The first kappa shape index (κ1) is 15.9. The Bertz CT molecular complexity index is 669. The average Bonchev–Trinajstić information content (AvgIpc) is 2.40. The first-order valence-electron chi connectivity index (χ1n) is 5.77. The molecule has 0 saturated heterocycles. The van der Waals surface area contributed by atoms with Crippen molar-refractivity contribution in [2.24, 2.45) is 5.73 Å². The molecule has 7 heteroatoms. The zero-order valence-corrected chi connectivity index (χ0v) is 12.0. The van der Waals surface area contributed by atoms with E-state index in [1.54, 1.807) is 0 Å². The molecule has 2 aromatic rings. The van der Waals surface area contributed by atoms with Crippen LogP contribution in [0.15, 0.2) is 40.9 Å². The van der Waals surface area contributed by atoms with Crippen LogP contribution in [0, 0.1) is 11.6 Å². The van der Waals surface area contributed by atoms with Crippen LogP contribution >= 0.6 is 15.9 Å². The van der Waals surface area contributed by atoms with Gasteiger partial charge in [-0.1, -0.05) is 22.0 Å². The Morgan fingerprint density at radius 3 is 2.29 bits per heavy atom. The zero-order valence-electron chi connectivity index (χ0n) is 10.4. The average molecular weight is 366 g/mol. The molecule has 1 atom stereocenters. The molecule has 2 N–H and O–H groups in total. The number of nitrogens with two attached hydrogens (primary N) is 1. The van der Waals surface area contributed by atoms with Crippen LogP contribution < -0.4 is 5.73 Å². The van der Waals surface area contributed by atoms with E-state index in [2.05, 4.69) is 15.9 Å². The van der Waals surface area contributed by atoms with E-state index in [1.165, 1.54) is 12.1 Å². The topological polar surface area (TPSA) is 26.0 Å². The van der Waals surface area contributed by atoms with Crippen LogP contribution in [0.1, 0.15) is 22.7 Å². The molecule has 0 fully saturated rings. The molecule has 0 bridgehead atoms. The van der Waals surface area contributed by atoms with Gasteiger partial charge < -0.3 is 5.73 Å². The Morgan fingerprint density at radius 1 is 1.00 bits per heavy atom. The fraction of sp³-hybridized carbons (Fsp3) is 0.143. The summed E-state index contributed by atoms with van der Waals surface area (Å²) in [5.41, 5.74) is 4.77. The maximum Gasteiger partial charge on any atom is 0.419 e. The highest BCUT2D eigenvalue weighted by atomic mass is 79.9. The molecule has 0 spiro atoms. The van der Waals surface area contributed by atoms with E-state index in [9.17, 15) is 22.0 Å². The number of rotatable bonds is 2. The van der Waals surface area contributed by atoms with Crippen LogP contribution in [0.3, 0.4) is 0 Å². The first-order valence-corrected chi connectivity index (χ1v) is 6.56. The van der Waals surface area contributed by atoms with E-state index in [1.807, 2.05) is 0 Å². The number of halogens is 6. The molecule has 0 aliphatic carbocycles. The second kappa shape index (κ2) is 5.73. The highest BCUT2D eigenvalue weighted by molar-refractivity contribution is 9.10. The van der Waals surface area contributed by atoms with Crippen molar-refractivity contribution >= 4 is 15.9 Å². The van der Waals surface area contributed by atoms with E-state index in [0.29, 0.717) is 16.6 Å². The second-order valence-corrected chi connectivity index (χ2v) is 5.23. The predicted molar refractivity (Wildman–Crippen MR) is 71.5 cm³/mol. The van der Waals surface area contributed by atoms with Crippen LogP contribution in [0.25, 0.3) is 0 Å². The van der Waals surface area contributed by atoms with Crippen molar-refractivity contribution < 1.29 is 22.0 Å². The minimum absolute atomic E-state index is 0.0371. The molecule has 0 radical (unpaired) electrons. The lowest BCUT2D eigenvalue weighted by atomic mass is 9.97. The Kier molecular flexibility index (Phi) is 4.34. The van der Waals surface area contributed by atoms with E-state index >= 15 is 0 Å². The quantitative estimate of drug-likeness (QED) is 0.760. The monoisotopic (exact) mass is 365 g/mol. The number of hydrogen-bond donors (Lipinski definition) is 1. The van der Waals surface area contributed by atoms with Crippen molar-refractivity contribution in [3.8, 4) is 0 Å². The van der Waals surface area contributed by atoms with Gasteiger partial charge in [0.25, 0.3) is 0 Å². The third kappa shape index (κ3) is 3.41. The molecule has 1 unspecified atom stereocenters. The van der Waals surface area contributed by atoms with E-state index in [-0.39, 0.29) is 11.1 Å². The Balaban J connectivity index is 2.49. The van der Waals surface area contributed by atoms with Crippen LogP contribution in [-0.2, 0) is 6.18 Å². The fourth-order valence-electron chi connectivity index (χ4n) is 1.89. The van der Waals surface area contributed by atoms with Crippen molar-refractivity contribution in [2.45, 2.75) is 12.2 Å². The van der Waals surface area contributed by atoms with Crippen LogP contribution in [0.4, 0.5) is 22.0 Å². The van der Waals surface area contributed by atoms with E-state index in [4.69, 9.17) is 5.73 Å². The molecular weight excluding hydrogens is 357 g/mol. The third-order valence-corrected chi connectivity index (χ3v) is 3.67. The van der Waals surface area contributed by atoms with Gasteiger partial charge in [0, 0.05) is 4.47 Å². The summed E-state index contributed by atoms with van der Waals surface area (Å²) in [4.78, 5) is 0. The summed E-state index contributed by atoms with van der Waals surface area (Å²) in [6.07, 6.45) is -4.82. The van der Waals surface area contributed by atoms with Crippen molar-refractivity contribution in [2.75, 3.05) is 0 Å². The van der Waals surface area contributed by atoms with Gasteiger partial charge in [0.2, 0.25) is 0 Å². The van der Waals surface area contributed by atoms with Gasteiger partial charge >= 0.3 is 6.18 Å².